The monoisotopic (exact) mass is 425 g/mol. The lowest BCUT2D eigenvalue weighted by atomic mass is 10.1. The van der Waals surface area contributed by atoms with Gasteiger partial charge in [0.15, 0.2) is 0 Å². The van der Waals surface area contributed by atoms with Crippen LogP contribution in [0.2, 0.25) is 0 Å². The molecule has 1 fully saturated rings. The number of thiophene rings is 1. The van der Waals surface area contributed by atoms with Gasteiger partial charge in [0.1, 0.15) is 9.71 Å². The van der Waals surface area contributed by atoms with E-state index in [4.69, 9.17) is 14.5 Å². The molecule has 7 nitrogen and oxygen atoms in total. The SMILES string of the molecule is COC(=O)c1sc2nc(CN3CCOCC3)ccc2c1NC(=O)Cc1ccccc1. The largest absolute Gasteiger partial charge is 0.465 e. The molecule has 0 unspecified atom stereocenters. The van der Waals surface area contributed by atoms with Crippen molar-refractivity contribution < 1.29 is 19.1 Å². The zero-order valence-electron chi connectivity index (χ0n) is 16.7. The van der Waals surface area contributed by atoms with Crippen LogP contribution in [0.15, 0.2) is 42.5 Å². The molecule has 156 valence electrons. The number of fused-ring (bicyclic) bond motifs is 1. The molecular formula is C22H23N3O4S. The standard InChI is InChI=1S/C22H23N3O4S/c1-28-22(27)20-19(24-18(26)13-15-5-3-2-4-6-15)17-8-7-16(23-21(17)30-20)14-25-9-11-29-12-10-25/h2-8H,9-14H2,1H3,(H,24,26). The Labute approximate surface area is 178 Å². The fraction of sp³-hybridized carbons (Fsp3) is 0.318. The van der Waals surface area contributed by atoms with Crippen LogP contribution in [0, 0.1) is 0 Å². The second-order valence-corrected chi connectivity index (χ2v) is 8.05. The van der Waals surface area contributed by atoms with Crippen LogP contribution in [-0.4, -0.2) is 55.2 Å². The van der Waals surface area contributed by atoms with E-state index >= 15 is 0 Å². The van der Waals surface area contributed by atoms with Crippen LogP contribution in [0.1, 0.15) is 20.9 Å². The molecule has 0 saturated carbocycles. The first kappa shape index (κ1) is 20.5. The van der Waals surface area contributed by atoms with Crippen LogP contribution < -0.4 is 5.32 Å². The third-order valence-corrected chi connectivity index (χ3v) is 6.02. The Kier molecular flexibility index (Phi) is 6.37. The summed E-state index contributed by atoms with van der Waals surface area (Å²) in [6.45, 7) is 3.92. The summed E-state index contributed by atoms with van der Waals surface area (Å²) in [7, 11) is 1.33. The third-order valence-electron chi connectivity index (χ3n) is 4.95. The number of anilines is 1. The highest BCUT2D eigenvalue weighted by molar-refractivity contribution is 7.21. The number of carbonyl (C=O) groups excluding carboxylic acids is 2. The average Bonchev–Trinajstić information content (AvgIpc) is 3.12. The van der Waals surface area contributed by atoms with Crippen molar-refractivity contribution in [2.24, 2.45) is 0 Å². The number of carbonyl (C=O) groups is 2. The Morgan fingerprint density at radius 1 is 1.17 bits per heavy atom. The maximum Gasteiger partial charge on any atom is 0.350 e. The molecule has 1 aromatic carbocycles. The van der Waals surface area contributed by atoms with Crippen molar-refractivity contribution in [2.75, 3.05) is 38.7 Å². The molecule has 0 spiro atoms. The van der Waals surface area contributed by atoms with Gasteiger partial charge in [0.25, 0.3) is 0 Å². The molecule has 2 aromatic heterocycles. The van der Waals surface area contributed by atoms with Gasteiger partial charge in [-0.2, -0.15) is 0 Å². The number of rotatable bonds is 6. The van der Waals surface area contributed by atoms with Gasteiger partial charge < -0.3 is 14.8 Å². The van der Waals surface area contributed by atoms with Gasteiger partial charge in [0.2, 0.25) is 5.91 Å². The number of ether oxygens (including phenoxy) is 2. The summed E-state index contributed by atoms with van der Waals surface area (Å²) in [5.74, 6) is -0.675. The van der Waals surface area contributed by atoms with Crippen LogP contribution in [0.3, 0.4) is 0 Å². The van der Waals surface area contributed by atoms with Crippen molar-refractivity contribution in [3.05, 3.63) is 58.6 Å². The number of pyridine rings is 1. The fourth-order valence-corrected chi connectivity index (χ4v) is 4.48. The highest BCUT2D eigenvalue weighted by Crippen LogP contribution is 2.35. The highest BCUT2D eigenvalue weighted by Gasteiger charge is 2.22. The number of aromatic nitrogens is 1. The summed E-state index contributed by atoms with van der Waals surface area (Å²) in [6.07, 6.45) is 0.224. The van der Waals surface area contributed by atoms with E-state index in [2.05, 4.69) is 10.2 Å². The van der Waals surface area contributed by atoms with E-state index in [1.165, 1.54) is 18.4 Å². The first-order valence-corrected chi connectivity index (χ1v) is 10.6. The first-order chi connectivity index (χ1) is 14.6. The summed E-state index contributed by atoms with van der Waals surface area (Å²) in [6, 6.07) is 13.3. The Morgan fingerprint density at radius 3 is 2.67 bits per heavy atom. The maximum absolute atomic E-state index is 12.6. The van der Waals surface area contributed by atoms with Gasteiger partial charge in [-0.1, -0.05) is 30.3 Å². The molecule has 0 aliphatic carbocycles. The summed E-state index contributed by atoms with van der Waals surface area (Å²) < 4.78 is 10.3. The van der Waals surface area contributed by atoms with E-state index in [9.17, 15) is 9.59 Å². The highest BCUT2D eigenvalue weighted by atomic mass is 32.1. The van der Waals surface area contributed by atoms with Crippen LogP contribution in [0.25, 0.3) is 10.2 Å². The molecule has 0 atom stereocenters. The molecule has 1 aliphatic rings. The van der Waals surface area contributed by atoms with Crippen molar-refractivity contribution in [1.82, 2.24) is 9.88 Å². The number of amides is 1. The van der Waals surface area contributed by atoms with Gasteiger partial charge in [-0.05, 0) is 17.7 Å². The Hall–Kier alpha value is -2.81. The predicted molar refractivity (Wildman–Crippen MR) is 116 cm³/mol. The normalized spacial score (nSPS) is 14.6. The fourth-order valence-electron chi connectivity index (χ4n) is 3.42. The second kappa shape index (κ2) is 9.34. The number of morpholine rings is 1. The van der Waals surface area contributed by atoms with Crippen LogP contribution >= 0.6 is 11.3 Å². The van der Waals surface area contributed by atoms with Gasteiger partial charge in [0.05, 0.1) is 38.1 Å². The smallest absolute Gasteiger partial charge is 0.350 e. The molecule has 1 aliphatic heterocycles. The third kappa shape index (κ3) is 4.67. The Balaban J connectivity index is 1.59. The van der Waals surface area contributed by atoms with Gasteiger partial charge >= 0.3 is 5.97 Å². The molecule has 30 heavy (non-hydrogen) atoms. The zero-order chi connectivity index (χ0) is 20.9. The summed E-state index contributed by atoms with van der Waals surface area (Å²) in [5.41, 5.74) is 2.29. The van der Waals surface area contributed by atoms with Crippen LogP contribution in [0.4, 0.5) is 5.69 Å². The summed E-state index contributed by atoms with van der Waals surface area (Å²) >= 11 is 1.24. The van der Waals surface area contributed by atoms with E-state index in [0.717, 1.165) is 49.5 Å². The molecule has 0 radical (unpaired) electrons. The summed E-state index contributed by atoms with van der Waals surface area (Å²) in [5, 5.41) is 3.64. The van der Waals surface area contributed by atoms with Crippen LogP contribution in [0.5, 0.6) is 0 Å². The van der Waals surface area contributed by atoms with E-state index in [0.29, 0.717) is 15.4 Å². The lowest BCUT2D eigenvalue weighted by Crippen LogP contribution is -2.35. The van der Waals surface area contributed by atoms with E-state index in [1.807, 2.05) is 42.5 Å². The topological polar surface area (TPSA) is 80.8 Å². The second-order valence-electron chi connectivity index (χ2n) is 7.05. The van der Waals surface area contributed by atoms with E-state index in [1.54, 1.807) is 0 Å². The summed E-state index contributed by atoms with van der Waals surface area (Å²) in [4.78, 5) is 33.0. The number of hydrogen-bond acceptors (Lipinski definition) is 7. The number of esters is 1. The molecule has 1 N–H and O–H groups in total. The van der Waals surface area contributed by atoms with Crippen molar-refractivity contribution in [2.45, 2.75) is 13.0 Å². The quantitative estimate of drug-likeness (QED) is 0.612. The number of methoxy groups -OCH3 is 1. The van der Waals surface area contributed by atoms with Crippen LogP contribution in [-0.2, 0) is 27.2 Å². The number of nitrogens with one attached hydrogen (secondary N) is 1. The lowest BCUT2D eigenvalue weighted by Gasteiger charge is -2.26. The van der Waals surface area contributed by atoms with Gasteiger partial charge in [0, 0.05) is 25.0 Å². The molecule has 0 bridgehead atoms. The lowest BCUT2D eigenvalue weighted by molar-refractivity contribution is -0.115. The van der Waals surface area contributed by atoms with Crippen molar-refractivity contribution in [3.8, 4) is 0 Å². The first-order valence-electron chi connectivity index (χ1n) is 9.78. The molecule has 3 heterocycles. The van der Waals surface area contributed by atoms with Gasteiger partial charge in [-0.25, -0.2) is 9.78 Å². The molecule has 8 heteroatoms. The van der Waals surface area contributed by atoms with Crippen molar-refractivity contribution in [1.29, 1.82) is 0 Å². The average molecular weight is 426 g/mol. The zero-order valence-corrected chi connectivity index (χ0v) is 17.5. The van der Waals surface area contributed by atoms with Gasteiger partial charge in [-0.3, -0.25) is 9.69 Å². The number of benzene rings is 1. The molecule has 3 aromatic rings. The van der Waals surface area contributed by atoms with E-state index in [-0.39, 0.29) is 12.3 Å². The maximum atomic E-state index is 12.6. The van der Waals surface area contributed by atoms with E-state index < -0.39 is 5.97 Å². The molecule has 1 amide bonds. The Morgan fingerprint density at radius 2 is 1.93 bits per heavy atom. The molecule has 4 rings (SSSR count). The Bertz CT molecular complexity index is 1050. The van der Waals surface area contributed by atoms with Crippen molar-refractivity contribution in [3.63, 3.8) is 0 Å². The minimum absolute atomic E-state index is 0.191. The minimum atomic E-state index is -0.484. The number of nitrogens with zero attached hydrogens (tertiary/aromatic N) is 2. The molecular weight excluding hydrogens is 402 g/mol. The molecule has 1 saturated heterocycles. The van der Waals surface area contributed by atoms with Crippen molar-refractivity contribution >= 4 is 39.1 Å². The predicted octanol–water partition coefficient (Wildman–Crippen LogP) is 3.10. The minimum Gasteiger partial charge on any atom is -0.465 e. The van der Waals surface area contributed by atoms with Gasteiger partial charge in [-0.15, -0.1) is 11.3 Å². The number of hydrogen-bond donors (Lipinski definition) is 1.